The zero-order valence-electron chi connectivity index (χ0n) is 12.3. The Kier molecular flexibility index (Phi) is 6.03. The summed E-state index contributed by atoms with van der Waals surface area (Å²) in [6.45, 7) is 4.70. The predicted molar refractivity (Wildman–Crippen MR) is 74.1 cm³/mol. The van der Waals surface area contributed by atoms with E-state index in [4.69, 9.17) is 4.74 Å². The number of hydrogen-bond donors (Lipinski definition) is 0. The zero-order chi connectivity index (χ0) is 15.1. The Bertz CT molecular complexity index is 445. The third-order valence-corrected chi connectivity index (χ3v) is 2.71. The normalized spacial score (nSPS) is 10.2. The van der Waals surface area contributed by atoms with Gasteiger partial charge in [0.05, 0.1) is 32.0 Å². The molecule has 0 N–H and O–H groups in total. The van der Waals surface area contributed by atoms with Gasteiger partial charge in [0.15, 0.2) is 0 Å². The van der Waals surface area contributed by atoms with Gasteiger partial charge < -0.3 is 14.2 Å². The number of carbonyl (C=O) groups is 2. The van der Waals surface area contributed by atoms with Crippen LogP contribution < -0.4 is 4.74 Å². The summed E-state index contributed by atoms with van der Waals surface area (Å²) in [5.74, 6) is -0.0817. The Morgan fingerprint density at radius 3 is 1.90 bits per heavy atom. The van der Waals surface area contributed by atoms with Gasteiger partial charge in [-0.25, -0.2) is 9.59 Å². The number of carbonyl (C=O) groups excluding carboxylic acids is 2. The lowest BCUT2D eigenvalue weighted by molar-refractivity contribution is 0.0598. The maximum atomic E-state index is 11.6. The second kappa shape index (κ2) is 7.53. The third-order valence-electron chi connectivity index (χ3n) is 2.71. The van der Waals surface area contributed by atoms with Crippen LogP contribution in [-0.4, -0.2) is 32.8 Å². The molecule has 110 valence electrons. The van der Waals surface area contributed by atoms with Crippen LogP contribution in [0.1, 0.15) is 41.0 Å². The smallest absolute Gasteiger partial charge is 0.338 e. The van der Waals surface area contributed by atoms with E-state index < -0.39 is 11.9 Å². The molecular formula is C15H20O5. The minimum absolute atomic E-state index is 0.259. The molecule has 0 unspecified atom stereocenters. The van der Waals surface area contributed by atoms with Gasteiger partial charge in [0.2, 0.25) is 0 Å². The van der Waals surface area contributed by atoms with E-state index in [2.05, 4.69) is 23.3 Å². The predicted octanol–water partition coefficient (Wildman–Crippen LogP) is 2.68. The van der Waals surface area contributed by atoms with E-state index in [0.717, 1.165) is 6.42 Å². The molecule has 0 heterocycles. The summed E-state index contributed by atoms with van der Waals surface area (Å²) in [7, 11) is 2.57. The van der Waals surface area contributed by atoms with Crippen molar-refractivity contribution in [3.63, 3.8) is 0 Å². The zero-order valence-corrected chi connectivity index (χ0v) is 12.3. The molecule has 0 saturated heterocycles. The maximum Gasteiger partial charge on any atom is 0.338 e. The highest BCUT2D eigenvalue weighted by molar-refractivity contribution is 5.96. The first-order valence-electron chi connectivity index (χ1n) is 6.42. The van der Waals surface area contributed by atoms with Crippen LogP contribution in [-0.2, 0) is 9.47 Å². The summed E-state index contributed by atoms with van der Waals surface area (Å²) in [5.41, 5.74) is 0.518. The van der Waals surface area contributed by atoms with Gasteiger partial charge in [0.1, 0.15) is 5.75 Å². The van der Waals surface area contributed by atoms with Crippen molar-refractivity contribution in [3.05, 3.63) is 29.3 Å². The van der Waals surface area contributed by atoms with Crippen molar-refractivity contribution in [2.24, 2.45) is 5.92 Å². The van der Waals surface area contributed by atoms with Gasteiger partial charge >= 0.3 is 11.9 Å². The summed E-state index contributed by atoms with van der Waals surface area (Å²) < 4.78 is 14.9. The van der Waals surface area contributed by atoms with Crippen molar-refractivity contribution in [2.45, 2.75) is 20.3 Å². The molecule has 0 aliphatic carbocycles. The van der Waals surface area contributed by atoms with Gasteiger partial charge in [-0.1, -0.05) is 13.8 Å². The quantitative estimate of drug-likeness (QED) is 0.750. The van der Waals surface area contributed by atoms with Crippen molar-refractivity contribution >= 4 is 11.9 Å². The summed E-state index contributed by atoms with van der Waals surface area (Å²) in [5, 5.41) is 0. The van der Waals surface area contributed by atoms with Crippen LogP contribution in [0.3, 0.4) is 0 Å². The monoisotopic (exact) mass is 280 g/mol. The number of esters is 2. The number of benzene rings is 1. The average Bonchev–Trinajstić information content (AvgIpc) is 2.44. The Labute approximate surface area is 118 Å². The summed E-state index contributed by atoms with van der Waals surface area (Å²) >= 11 is 0. The van der Waals surface area contributed by atoms with E-state index in [1.165, 1.54) is 20.3 Å². The van der Waals surface area contributed by atoms with Gasteiger partial charge in [0, 0.05) is 0 Å². The molecule has 1 aromatic carbocycles. The molecule has 1 aromatic rings. The second-order valence-corrected chi connectivity index (χ2v) is 4.76. The third kappa shape index (κ3) is 4.57. The standard InChI is InChI=1S/C15H20O5/c1-10(2)5-6-20-13-8-11(14(16)18-3)7-12(9-13)15(17)19-4/h7-10H,5-6H2,1-4H3. The van der Waals surface area contributed by atoms with Gasteiger partial charge in [-0.3, -0.25) is 0 Å². The van der Waals surface area contributed by atoms with E-state index in [1.807, 2.05) is 0 Å². The summed E-state index contributed by atoms with van der Waals surface area (Å²) in [4.78, 5) is 23.2. The fraction of sp³-hybridized carbons (Fsp3) is 0.467. The first kappa shape index (κ1) is 16.0. The van der Waals surface area contributed by atoms with Crippen LogP contribution in [0.2, 0.25) is 0 Å². The highest BCUT2D eigenvalue weighted by atomic mass is 16.5. The lowest BCUT2D eigenvalue weighted by Crippen LogP contribution is -2.08. The molecule has 0 amide bonds. The Morgan fingerprint density at radius 2 is 1.50 bits per heavy atom. The maximum absolute atomic E-state index is 11.6. The summed E-state index contributed by atoms with van der Waals surface area (Å²) in [6, 6.07) is 4.53. The SMILES string of the molecule is COC(=O)c1cc(OCCC(C)C)cc(C(=O)OC)c1. The molecule has 0 atom stereocenters. The first-order chi connectivity index (χ1) is 9.47. The molecule has 0 radical (unpaired) electrons. The van der Waals surface area contributed by atoms with Gasteiger partial charge in [-0.2, -0.15) is 0 Å². The molecule has 0 aliphatic heterocycles. The molecule has 5 heteroatoms. The van der Waals surface area contributed by atoms with E-state index in [0.29, 0.717) is 18.3 Å². The van der Waals surface area contributed by atoms with Gasteiger partial charge in [-0.05, 0) is 30.5 Å². The Hall–Kier alpha value is -2.04. The molecular weight excluding hydrogens is 260 g/mol. The fourth-order valence-electron chi connectivity index (χ4n) is 1.57. The highest BCUT2D eigenvalue weighted by Gasteiger charge is 2.14. The number of methoxy groups -OCH3 is 2. The first-order valence-corrected chi connectivity index (χ1v) is 6.42. The van der Waals surface area contributed by atoms with Crippen LogP contribution in [0.5, 0.6) is 5.75 Å². The minimum Gasteiger partial charge on any atom is -0.494 e. The van der Waals surface area contributed by atoms with Crippen molar-refractivity contribution in [2.75, 3.05) is 20.8 Å². The largest absolute Gasteiger partial charge is 0.494 e. The van der Waals surface area contributed by atoms with Gasteiger partial charge in [-0.15, -0.1) is 0 Å². The molecule has 0 spiro atoms. The fourth-order valence-corrected chi connectivity index (χ4v) is 1.57. The van der Waals surface area contributed by atoms with E-state index in [9.17, 15) is 9.59 Å². The second-order valence-electron chi connectivity index (χ2n) is 4.76. The van der Waals surface area contributed by atoms with E-state index >= 15 is 0 Å². The molecule has 5 nitrogen and oxygen atoms in total. The van der Waals surface area contributed by atoms with Crippen LogP contribution in [0.25, 0.3) is 0 Å². The molecule has 0 saturated carbocycles. The molecule has 0 aromatic heterocycles. The molecule has 0 aliphatic rings. The lowest BCUT2D eigenvalue weighted by atomic mass is 10.1. The number of ether oxygens (including phenoxy) is 3. The number of hydrogen-bond acceptors (Lipinski definition) is 5. The number of rotatable bonds is 6. The van der Waals surface area contributed by atoms with Gasteiger partial charge in [0.25, 0.3) is 0 Å². The highest BCUT2D eigenvalue weighted by Crippen LogP contribution is 2.19. The van der Waals surface area contributed by atoms with Crippen molar-refractivity contribution in [1.82, 2.24) is 0 Å². The Balaban J connectivity index is 2.97. The Morgan fingerprint density at radius 1 is 1.00 bits per heavy atom. The molecule has 0 fully saturated rings. The van der Waals surface area contributed by atoms with E-state index in [-0.39, 0.29) is 11.1 Å². The van der Waals surface area contributed by atoms with Crippen molar-refractivity contribution < 1.29 is 23.8 Å². The van der Waals surface area contributed by atoms with Crippen LogP contribution in [0.4, 0.5) is 0 Å². The molecule has 20 heavy (non-hydrogen) atoms. The van der Waals surface area contributed by atoms with Crippen LogP contribution in [0, 0.1) is 5.92 Å². The van der Waals surface area contributed by atoms with Crippen molar-refractivity contribution in [1.29, 1.82) is 0 Å². The van der Waals surface area contributed by atoms with Crippen LogP contribution >= 0.6 is 0 Å². The average molecular weight is 280 g/mol. The minimum atomic E-state index is -0.524. The van der Waals surface area contributed by atoms with E-state index in [1.54, 1.807) is 12.1 Å². The van der Waals surface area contributed by atoms with Crippen LogP contribution in [0.15, 0.2) is 18.2 Å². The summed E-state index contributed by atoms with van der Waals surface area (Å²) in [6.07, 6.45) is 0.885. The molecule has 0 bridgehead atoms. The lowest BCUT2D eigenvalue weighted by Gasteiger charge is -2.11. The topological polar surface area (TPSA) is 61.8 Å². The molecule has 1 rings (SSSR count). The van der Waals surface area contributed by atoms with Crippen molar-refractivity contribution in [3.8, 4) is 5.75 Å².